The maximum absolute atomic E-state index is 11.4. The van der Waals surface area contributed by atoms with Gasteiger partial charge in [-0.1, -0.05) is 42.1 Å². The fraction of sp³-hybridized carbons (Fsp3) is 0.286. The van der Waals surface area contributed by atoms with E-state index in [4.69, 9.17) is 19.9 Å². The second kappa shape index (κ2) is 12.5. The first-order valence-electron chi connectivity index (χ1n) is 9.12. The summed E-state index contributed by atoms with van der Waals surface area (Å²) in [5.41, 5.74) is 7.82. The number of thioether (sulfide) groups is 1. The molecule has 0 aromatic heterocycles. The van der Waals surface area contributed by atoms with Crippen LogP contribution < -0.4 is 15.2 Å². The van der Waals surface area contributed by atoms with Gasteiger partial charge in [-0.3, -0.25) is 4.79 Å². The van der Waals surface area contributed by atoms with Crippen LogP contribution in [-0.4, -0.2) is 37.7 Å². The summed E-state index contributed by atoms with van der Waals surface area (Å²) in [7, 11) is 1.55. The van der Waals surface area contributed by atoms with Crippen molar-refractivity contribution in [3.05, 3.63) is 59.7 Å². The van der Waals surface area contributed by atoms with Crippen LogP contribution in [0.15, 0.2) is 58.7 Å². The standard InChI is InChI=1S/C21H25N3O4S/c1-3-27-20(25)11-12-28-19-13-17(9-10-18(19)26-2)14-23-24-21(22)29-15-16-7-5-4-6-8-16/h4-10,13-14H,3,11-12,15H2,1-2H3,(H2,22,24). The normalized spacial score (nSPS) is 11.4. The summed E-state index contributed by atoms with van der Waals surface area (Å²) in [6.07, 6.45) is 1.74. The van der Waals surface area contributed by atoms with Gasteiger partial charge in [-0.2, -0.15) is 5.10 Å². The number of nitrogens with two attached hydrogens (primary N) is 1. The van der Waals surface area contributed by atoms with Crippen LogP contribution >= 0.6 is 11.8 Å². The van der Waals surface area contributed by atoms with E-state index in [9.17, 15) is 4.79 Å². The lowest BCUT2D eigenvalue weighted by molar-refractivity contribution is -0.143. The number of benzene rings is 2. The molecule has 0 aliphatic carbocycles. The zero-order valence-corrected chi connectivity index (χ0v) is 17.4. The second-order valence-corrected chi connectivity index (χ2v) is 6.77. The van der Waals surface area contributed by atoms with Crippen LogP contribution in [0.3, 0.4) is 0 Å². The summed E-state index contributed by atoms with van der Waals surface area (Å²) in [5.74, 6) is 1.50. The maximum Gasteiger partial charge on any atom is 0.309 e. The molecule has 0 bridgehead atoms. The third-order valence-corrected chi connectivity index (χ3v) is 4.50. The molecule has 0 fully saturated rings. The molecule has 0 radical (unpaired) electrons. The van der Waals surface area contributed by atoms with Crippen molar-refractivity contribution in [3.8, 4) is 11.5 Å². The van der Waals surface area contributed by atoms with Crippen molar-refractivity contribution < 1.29 is 19.0 Å². The molecule has 0 saturated heterocycles. The molecule has 0 aliphatic heterocycles. The molecule has 2 N–H and O–H groups in total. The number of ether oxygens (including phenoxy) is 3. The number of hydrogen-bond acceptors (Lipinski definition) is 7. The lowest BCUT2D eigenvalue weighted by atomic mass is 10.2. The van der Waals surface area contributed by atoms with Gasteiger partial charge >= 0.3 is 5.97 Å². The zero-order chi connectivity index (χ0) is 20.9. The first kappa shape index (κ1) is 22.3. The predicted molar refractivity (Wildman–Crippen MR) is 117 cm³/mol. The minimum atomic E-state index is -0.304. The van der Waals surface area contributed by atoms with Gasteiger partial charge in [0, 0.05) is 5.75 Å². The highest BCUT2D eigenvalue weighted by molar-refractivity contribution is 8.13. The molecule has 0 saturated carbocycles. The first-order valence-corrected chi connectivity index (χ1v) is 10.1. The quantitative estimate of drug-likeness (QED) is 0.276. The zero-order valence-electron chi connectivity index (χ0n) is 16.5. The van der Waals surface area contributed by atoms with E-state index in [0.717, 1.165) is 11.3 Å². The molecule has 8 heteroatoms. The molecule has 0 unspecified atom stereocenters. The molecule has 2 rings (SSSR count). The third-order valence-electron chi connectivity index (χ3n) is 3.65. The minimum Gasteiger partial charge on any atom is -0.493 e. The summed E-state index contributed by atoms with van der Waals surface area (Å²) in [4.78, 5) is 11.4. The van der Waals surface area contributed by atoms with E-state index < -0.39 is 0 Å². The Kier molecular flexibility index (Phi) is 9.57. The molecule has 154 valence electrons. The molecular weight excluding hydrogens is 390 g/mol. The van der Waals surface area contributed by atoms with Crippen LogP contribution in [0, 0.1) is 0 Å². The Bertz CT molecular complexity index is 841. The molecule has 2 aromatic carbocycles. The Morgan fingerprint density at radius 2 is 1.97 bits per heavy atom. The van der Waals surface area contributed by atoms with Gasteiger partial charge in [0.15, 0.2) is 16.7 Å². The number of esters is 1. The third kappa shape index (κ3) is 8.27. The highest BCUT2D eigenvalue weighted by Crippen LogP contribution is 2.27. The molecule has 0 amide bonds. The van der Waals surface area contributed by atoms with Crippen molar-refractivity contribution in [1.82, 2.24) is 0 Å². The Morgan fingerprint density at radius 3 is 2.69 bits per heavy atom. The molecular formula is C21H25N3O4S. The average Bonchev–Trinajstić information content (AvgIpc) is 2.73. The summed E-state index contributed by atoms with van der Waals surface area (Å²) in [6, 6.07) is 15.3. The van der Waals surface area contributed by atoms with Gasteiger partial charge in [0.2, 0.25) is 0 Å². The number of hydrogen-bond donors (Lipinski definition) is 1. The number of rotatable bonds is 10. The van der Waals surface area contributed by atoms with E-state index in [1.165, 1.54) is 17.3 Å². The highest BCUT2D eigenvalue weighted by atomic mass is 32.2. The van der Waals surface area contributed by atoms with E-state index >= 15 is 0 Å². The van der Waals surface area contributed by atoms with Gasteiger partial charge in [-0.15, -0.1) is 5.10 Å². The molecule has 2 aromatic rings. The van der Waals surface area contributed by atoms with Crippen LogP contribution in [0.4, 0.5) is 0 Å². The second-order valence-electron chi connectivity index (χ2n) is 5.77. The van der Waals surface area contributed by atoms with Crippen molar-refractivity contribution >= 4 is 29.1 Å². The van der Waals surface area contributed by atoms with E-state index in [1.54, 1.807) is 32.4 Å². The first-order chi connectivity index (χ1) is 14.1. The van der Waals surface area contributed by atoms with Crippen molar-refractivity contribution in [2.24, 2.45) is 15.9 Å². The van der Waals surface area contributed by atoms with Crippen molar-refractivity contribution in [1.29, 1.82) is 0 Å². The number of carbonyl (C=O) groups excluding carboxylic acids is 1. The number of methoxy groups -OCH3 is 1. The van der Waals surface area contributed by atoms with Gasteiger partial charge in [0.25, 0.3) is 0 Å². The maximum atomic E-state index is 11.4. The largest absolute Gasteiger partial charge is 0.493 e. The van der Waals surface area contributed by atoms with Gasteiger partial charge in [0.05, 0.1) is 33.0 Å². The van der Waals surface area contributed by atoms with E-state index in [0.29, 0.717) is 23.3 Å². The summed E-state index contributed by atoms with van der Waals surface area (Å²) >= 11 is 1.42. The van der Waals surface area contributed by atoms with Crippen LogP contribution in [0.1, 0.15) is 24.5 Å². The van der Waals surface area contributed by atoms with E-state index in [-0.39, 0.29) is 19.0 Å². The van der Waals surface area contributed by atoms with Gasteiger partial charge in [-0.25, -0.2) is 0 Å². The molecule has 0 heterocycles. The minimum absolute atomic E-state index is 0.161. The van der Waals surface area contributed by atoms with E-state index in [2.05, 4.69) is 10.2 Å². The monoisotopic (exact) mass is 415 g/mol. The van der Waals surface area contributed by atoms with Crippen LogP contribution in [0.2, 0.25) is 0 Å². The number of carbonyl (C=O) groups is 1. The van der Waals surface area contributed by atoms with Crippen LogP contribution in [-0.2, 0) is 15.3 Å². The summed E-state index contributed by atoms with van der Waals surface area (Å²) < 4.78 is 15.8. The fourth-order valence-corrected chi connectivity index (χ4v) is 2.89. The molecule has 0 atom stereocenters. The highest BCUT2D eigenvalue weighted by Gasteiger charge is 2.07. The Labute approximate surface area is 174 Å². The van der Waals surface area contributed by atoms with Gasteiger partial charge in [-0.05, 0) is 36.2 Å². The van der Waals surface area contributed by atoms with Crippen LogP contribution in [0.5, 0.6) is 11.5 Å². The van der Waals surface area contributed by atoms with Gasteiger partial charge in [0.1, 0.15) is 0 Å². The summed E-state index contributed by atoms with van der Waals surface area (Å²) in [5, 5.41) is 8.42. The van der Waals surface area contributed by atoms with Crippen molar-refractivity contribution in [2.75, 3.05) is 20.3 Å². The van der Waals surface area contributed by atoms with Gasteiger partial charge < -0.3 is 19.9 Å². The molecule has 7 nitrogen and oxygen atoms in total. The summed E-state index contributed by atoms with van der Waals surface area (Å²) in [6.45, 7) is 2.30. The van der Waals surface area contributed by atoms with E-state index in [1.807, 2.05) is 36.4 Å². The molecule has 29 heavy (non-hydrogen) atoms. The predicted octanol–water partition coefficient (Wildman–Crippen LogP) is 3.61. The Morgan fingerprint density at radius 1 is 1.17 bits per heavy atom. The lowest BCUT2D eigenvalue weighted by Crippen LogP contribution is -2.10. The van der Waals surface area contributed by atoms with Crippen molar-refractivity contribution in [2.45, 2.75) is 19.1 Å². The smallest absolute Gasteiger partial charge is 0.309 e. The van der Waals surface area contributed by atoms with Crippen LogP contribution in [0.25, 0.3) is 0 Å². The fourth-order valence-electron chi connectivity index (χ4n) is 2.28. The Hall–Kier alpha value is -3.00. The Balaban J connectivity index is 1.92. The lowest BCUT2D eigenvalue weighted by Gasteiger charge is -2.11. The molecule has 0 aliphatic rings. The molecule has 0 spiro atoms. The average molecular weight is 416 g/mol. The topological polar surface area (TPSA) is 95.5 Å². The van der Waals surface area contributed by atoms with Crippen molar-refractivity contribution in [3.63, 3.8) is 0 Å². The number of amidine groups is 1. The SMILES string of the molecule is CCOC(=O)CCOc1cc(C=NN=C(N)SCc2ccccc2)ccc1OC. The number of nitrogens with zero attached hydrogens (tertiary/aromatic N) is 2.